The summed E-state index contributed by atoms with van der Waals surface area (Å²) in [4.78, 5) is 13.5. The van der Waals surface area contributed by atoms with E-state index in [1.165, 1.54) is 0 Å². The van der Waals surface area contributed by atoms with Crippen LogP contribution in [0.2, 0.25) is 0 Å². The van der Waals surface area contributed by atoms with Crippen LogP contribution in [0.5, 0.6) is 0 Å². The van der Waals surface area contributed by atoms with Crippen molar-refractivity contribution >= 4 is 17.2 Å². The number of carbonyl (C=O) groups excluding carboxylic acids is 1. The van der Waals surface area contributed by atoms with E-state index in [1.54, 1.807) is 12.2 Å². The Kier molecular flexibility index (Phi) is 4.48. The van der Waals surface area contributed by atoms with Gasteiger partial charge in [0.2, 0.25) is 0 Å². The second-order valence-corrected chi connectivity index (χ2v) is 4.70. The third-order valence-corrected chi connectivity index (χ3v) is 3.36. The predicted molar refractivity (Wildman–Crippen MR) is 81.5 cm³/mol. The standard InChI is InChI=1S/C16H19N3O/c1-4-8-19(9-5-2)16(12-20)13-6-7-15-14(10-13)11-17-18(15)3/h4-7,10-12,16H,1-2,8-9H2,3H3. The fourth-order valence-corrected chi connectivity index (χ4v) is 2.37. The Morgan fingerprint density at radius 1 is 1.35 bits per heavy atom. The van der Waals surface area contributed by atoms with Crippen LogP contribution in [0.15, 0.2) is 49.7 Å². The molecular weight excluding hydrogens is 250 g/mol. The zero-order chi connectivity index (χ0) is 14.5. The molecule has 0 aliphatic carbocycles. The van der Waals surface area contributed by atoms with E-state index in [1.807, 2.05) is 41.0 Å². The van der Waals surface area contributed by atoms with E-state index in [2.05, 4.69) is 18.3 Å². The smallest absolute Gasteiger partial charge is 0.141 e. The van der Waals surface area contributed by atoms with Gasteiger partial charge in [0.05, 0.1) is 17.8 Å². The molecule has 1 heterocycles. The Morgan fingerprint density at radius 2 is 2.05 bits per heavy atom. The van der Waals surface area contributed by atoms with Gasteiger partial charge in [-0.15, -0.1) is 13.2 Å². The largest absolute Gasteiger partial charge is 0.301 e. The molecule has 4 heteroatoms. The van der Waals surface area contributed by atoms with Gasteiger partial charge in [0.1, 0.15) is 6.29 Å². The minimum atomic E-state index is -0.296. The Bertz CT molecular complexity index is 620. The monoisotopic (exact) mass is 269 g/mol. The quantitative estimate of drug-likeness (QED) is 0.572. The number of hydrogen-bond donors (Lipinski definition) is 0. The van der Waals surface area contributed by atoms with Gasteiger partial charge in [-0.3, -0.25) is 9.58 Å². The third-order valence-electron chi connectivity index (χ3n) is 3.36. The fourth-order valence-electron chi connectivity index (χ4n) is 2.37. The molecule has 2 aromatic rings. The van der Waals surface area contributed by atoms with Crippen molar-refractivity contribution in [1.82, 2.24) is 14.7 Å². The summed E-state index contributed by atoms with van der Waals surface area (Å²) in [5, 5.41) is 5.26. The highest BCUT2D eigenvalue weighted by molar-refractivity contribution is 5.80. The number of aldehydes is 1. The molecule has 0 bridgehead atoms. The number of aromatic nitrogens is 2. The molecule has 0 fully saturated rings. The first-order chi connectivity index (χ1) is 9.71. The molecular formula is C16H19N3O. The first-order valence-electron chi connectivity index (χ1n) is 6.54. The maximum absolute atomic E-state index is 11.5. The molecule has 0 aliphatic heterocycles. The van der Waals surface area contributed by atoms with Gasteiger partial charge in [-0.05, 0) is 17.7 Å². The summed E-state index contributed by atoms with van der Waals surface area (Å²) in [5.74, 6) is 0. The van der Waals surface area contributed by atoms with Crippen molar-refractivity contribution in [1.29, 1.82) is 0 Å². The molecule has 0 aliphatic rings. The van der Waals surface area contributed by atoms with Gasteiger partial charge in [0, 0.05) is 25.5 Å². The molecule has 2 rings (SSSR count). The molecule has 0 radical (unpaired) electrons. The van der Waals surface area contributed by atoms with Crippen molar-refractivity contribution in [2.24, 2.45) is 7.05 Å². The topological polar surface area (TPSA) is 38.1 Å². The molecule has 0 saturated heterocycles. The summed E-state index contributed by atoms with van der Waals surface area (Å²) in [7, 11) is 1.90. The Morgan fingerprint density at radius 3 is 2.65 bits per heavy atom. The number of hydrogen-bond acceptors (Lipinski definition) is 3. The predicted octanol–water partition coefficient (Wildman–Crippen LogP) is 2.49. The first kappa shape index (κ1) is 14.2. The van der Waals surface area contributed by atoms with E-state index in [9.17, 15) is 4.79 Å². The maximum Gasteiger partial charge on any atom is 0.141 e. The SMILES string of the molecule is C=CCN(CC=C)C(C=O)c1ccc2c(cnn2C)c1. The van der Waals surface area contributed by atoms with Gasteiger partial charge in [0.25, 0.3) is 0 Å². The molecule has 0 N–H and O–H groups in total. The first-order valence-corrected chi connectivity index (χ1v) is 6.54. The Labute approximate surface area is 119 Å². The Hall–Kier alpha value is -2.20. The second-order valence-electron chi connectivity index (χ2n) is 4.70. The summed E-state index contributed by atoms with van der Waals surface area (Å²) < 4.78 is 1.82. The molecule has 4 nitrogen and oxygen atoms in total. The van der Waals surface area contributed by atoms with Gasteiger partial charge in [-0.1, -0.05) is 18.2 Å². The molecule has 0 saturated carbocycles. The van der Waals surface area contributed by atoms with Crippen LogP contribution in [0.25, 0.3) is 10.9 Å². The van der Waals surface area contributed by atoms with Crippen molar-refractivity contribution in [3.05, 3.63) is 55.3 Å². The molecule has 104 valence electrons. The third kappa shape index (κ3) is 2.70. The minimum Gasteiger partial charge on any atom is -0.301 e. The summed E-state index contributed by atoms with van der Waals surface area (Å²) in [6.45, 7) is 8.76. The van der Waals surface area contributed by atoms with Crippen LogP contribution in [0.4, 0.5) is 0 Å². The van der Waals surface area contributed by atoms with E-state index in [-0.39, 0.29) is 6.04 Å². The van der Waals surface area contributed by atoms with Gasteiger partial charge in [-0.2, -0.15) is 5.10 Å². The summed E-state index contributed by atoms with van der Waals surface area (Å²) in [6.07, 6.45) is 6.36. The molecule has 1 aromatic carbocycles. The number of nitrogens with zero attached hydrogens (tertiary/aromatic N) is 3. The average Bonchev–Trinajstić information content (AvgIpc) is 2.81. The van der Waals surface area contributed by atoms with Crippen LogP contribution in [-0.4, -0.2) is 34.1 Å². The average molecular weight is 269 g/mol. The second kappa shape index (κ2) is 6.30. The molecule has 0 spiro atoms. The highest BCUT2D eigenvalue weighted by atomic mass is 16.1. The van der Waals surface area contributed by atoms with Crippen molar-refractivity contribution in [2.75, 3.05) is 13.1 Å². The summed E-state index contributed by atoms with van der Waals surface area (Å²) in [5.41, 5.74) is 2.02. The lowest BCUT2D eigenvalue weighted by Gasteiger charge is -2.25. The molecule has 1 atom stereocenters. The summed E-state index contributed by atoms with van der Waals surface area (Å²) in [6, 6.07) is 5.69. The zero-order valence-corrected chi connectivity index (χ0v) is 11.7. The van der Waals surface area contributed by atoms with Gasteiger partial charge >= 0.3 is 0 Å². The van der Waals surface area contributed by atoms with Crippen LogP contribution in [0.3, 0.4) is 0 Å². The van der Waals surface area contributed by atoms with Crippen LogP contribution >= 0.6 is 0 Å². The molecule has 1 aromatic heterocycles. The number of carbonyl (C=O) groups is 1. The summed E-state index contributed by atoms with van der Waals surface area (Å²) >= 11 is 0. The number of rotatable bonds is 7. The van der Waals surface area contributed by atoms with E-state index < -0.39 is 0 Å². The van der Waals surface area contributed by atoms with E-state index in [0.717, 1.165) is 22.8 Å². The van der Waals surface area contributed by atoms with Gasteiger partial charge in [0.15, 0.2) is 0 Å². The molecule has 20 heavy (non-hydrogen) atoms. The maximum atomic E-state index is 11.5. The molecule has 0 amide bonds. The van der Waals surface area contributed by atoms with Crippen molar-refractivity contribution in [3.8, 4) is 0 Å². The van der Waals surface area contributed by atoms with E-state index in [0.29, 0.717) is 13.1 Å². The number of benzene rings is 1. The lowest BCUT2D eigenvalue weighted by molar-refractivity contribution is -0.112. The Balaban J connectivity index is 2.38. The highest BCUT2D eigenvalue weighted by Crippen LogP contribution is 2.23. The van der Waals surface area contributed by atoms with Gasteiger partial charge in [-0.25, -0.2) is 0 Å². The highest BCUT2D eigenvalue weighted by Gasteiger charge is 2.18. The number of fused-ring (bicyclic) bond motifs is 1. The zero-order valence-electron chi connectivity index (χ0n) is 11.7. The van der Waals surface area contributed by atoms with E-state index >= 15 is 0 Å². The fraction of sp³-hybridized carbons (Fsp3) is 0.250. The lowest BCUT2D eigenvalue weighted by atomic mass is 10.0. The van der Waals surface area contributed by atoms with Crippen LogP contribution in [0, 0.1) is 0 Å². The van der Waals surface area contributed by atoms with Crippen molar-refractivity contribution in [3.63, 3.8) is 0 Å². The molecule has 1 unspecified atom stereocenters. The number of aryl methyl sites for hydroxylation is 1. The van der Waals surface area contributed by atoms with Gasteiger partial charge < -0.3 is 4.79 Å². The minimum absolute atomic E-state index is 0.296. The van der Waals surface area contributed by atoms with Crippen LogP contribution in [-0.2, 0) is 11.8 Å². The van der Waals surface area contributed by atoms with Crippen molar-refractivity contribution < 1.29 is 4.79 Å². The normalized spacial score (nSPS) is 12.5. The van der Waals surface area contributed by atoms with Crippen molar-refractivity contribution in [2.45, 2.75) is 6.04 Å². The van der Waals surface area contributed by atoms with E-state index in [4.69, 9.17) is 0 Å². The van der Waals surface area contributed by atoms with Crippen LogP contribution < -0.4 is 0 Å². The van der Waals surface area contributed by atoms with Crippen LogP contribution in [0.1, 0.15) is 11.6 Å². The lowest BCUT2D eigenvalue weighted by Crippen LogP contribution is -2.30.